The van der Waals surface area contributed by atoms with Gasteiger partial charge in [-0.2, -0.15) is 0 Å². The van der Waals surface area contributed by atoms with E-state index in [1.807, 2.05) is 18.2 Å². The molecule has 5 rings (SSSR count). The standard InChI is InChI=1S/C27H26O2/c28-18-20-16-25(20)26-17-21(26)19-29-27(22-10-4-1-5-11-22,23-12-6-2-7-13-23)24-14-8-3-9-15-24/h1-15,18,20-21,25-26H,16-17,19H2/t20-,21-,25+,26+/m1/s1. The summed E-state index contributed by atoms with van der Waals surface area (Å²) in [6.07, 6.45) is 3.40. The molecule has 0 spiro atoms. The van der Waals surface area contributed by atoms with Crippen LogP contribution in [0.1, 0.15) is 29.5 Å². The highest BCUT2D eigenvalue weighted by Crippen LogP contribution is 2.57. The molecule has 2 heteroatoms. The monoisotopic (exact) mass is 382 g/mol. The van der Waals surface area contributed by atoms with Gasteiger partial charge in [-0.3, -0.25) is 0 Å². The fourth-order valence-corrected chi connectivity index (χ4v) is 4.87. The molecule has 2 aliphatic rings. The van der Waals surface area contributed by atoms with Crippen LogP contribution in [0.5, 0.6) is 0 Å². The molecule has 146 valence electrons. The molecule has 0 amide bonds. The van der Waals surface area contributed by atoms with E-state index < -0.39 is 5.60 Å². The van der Waals surface area contributed by atoms with Crippen LogP contribution in [0.4, 0.5) is 0 Å². The summed E-state index contributed by atoms with van der Waals surface area (Å²) in [4.78, 5) is 11.1. The Morgan fingerprint density at radius 3 is 1.62 bits per heavy atom. The van der Waals surface area contributed by atoms with Crippen LogP contribution in [0.15, 0.2) is 91.0 Å². The highest BCUT2D eigenvalue weighted by Gasteiger charge is 2.54. The maximum absolute atomic E-state index is 11.1. The van der Waals surface area contributed by atoms with Crippen molar-refractivity contribution in [3.8, 4) is 0 Å². The van der Waals surface area contributed by atoms with Crippen LogP contribution in [-0.4, -0.2) is 12.9 Å². The molecule has 0 aromatic heterocycles. The topological polar surface area (TPSA) is 26.3 Å². The second kappa shape index (κ2) is 7.61. The van der Waals surface area contributed by atoms with Crippen molar-refractivity contribution in [2.45, 2.75) is 18.4 Å². The molecule has 0 saturated heterocycles. The molecule has 0 unspecified atom stereocenters. The van der Waals surface area contributed by atoms with Gasteiger partial charge in [0.2, 0.25) is 0 Å². The Balaban J connectivity index is 1.51. The van der Waals surface area contributed by atoms with E-state index >= 15 is 0 Å². The molecule has 0 heterocycles. The first kappa shape index (κ1) is 18.3. The summed E-state index contributed by atoms with van der Waals surface area (Å²) in [6.45, 7) is 0.714. The molecule has 2 aliphatic carbocycles. The Morgan fingerprint density at radius 1 is 0.724 bits per heavy atom. The zero-order valence-electron chi connectivity index (χ0n) is 16.5. The van der Waals surface area contributed by atoms with Gasteiger partial charge in [-0.15, -0.1) is 0 Å². The Morgan fingerprint density at radius 2 is 1.21 bits per heavy atom. The fraction of sp³-hybridized carbons (Fsp3) is 0.296. The van der Waals surface area contributed by atoms with Crippen LogP contribution in [-0.2, 0) is 15.1 Å². The molecule has 2 fully saturated rings. The van der Waals surface area contributed by atoms with Crippen molar-refractivity contribution in [1.82, 2.24) is 0 Å². The summed E-state index contributed by atoms with van der Waals surface area (Å²) in [6, 6.07) is 31.6. The number of rotatable bonds is 8. The van der Waals surface area contributed by atoms with Gasteiger partial charge in [-0.25, -0.2) is 0 Å². The lowest BCUT2D eigenvalue weighted by Crippen LogP contribution is -2.33. The van der Waals surface area contributed by atoms with E-state index in [0.29, 0.717) is 30.3 Å². The van der Waals surface area contributed by atoms with Crippen molar-refractivity contribution < 1.29 is 9.53 Å². The van der Waals surface area contributed by atoms with Gasteiger partial charge >= 0.3 is 0 Å². The quantitative estimate of drug-likeness (QED) is 0.382. The van der Waals surface area contributed by atoms with Crippen molar-refractivity contribution in [1.29, 1.82) is 0 Å². The number of carbonyl (C=O) groups excluding carboxylic acids is 1. The lowest BCUT2D eigenvalue weighted by atomic mass is 9.80. The van der Waals surface area contributed by atoms with Gasteiger partial charge in [0.15, 0.2) is 0 Å². The van der Waals surface area contributed by atoms with Crippen molar-refractivity contribution in [2.75, 3.05) is 6.61 Å². The minimum Gasteiger partial charge on any atom is -0.361 e. The van der Waals surface area contributed by atoms with Gasteiger partial charge < -0.3 is 9.53 Å². The average Bonchev–Trinajstić information content (AvgIpc) is 3.71. The molecular weight excluding hydrogens is 356 g/mol. The lowest BCUT2D eigenvalue weighted by molar-refractivity contribution is -0.109. The Labute approximate surface area is 172 Å². The van der Waals surface area contributed by atoms with Crippen LogP contribution in [0.3, 0.4) is 0 Å². The van der Waals surface area contributed by atoms with Gasteiger partial charge in [0.25, 0.3) is 0 Å². The summed E-state index contributed by atoms with van der Waals surface area (Å²) in [5, 5.41) is 0. The molecule has 0 bridgehead atoms. The molecule has 2 nitrogen and oxygen atoms in total. The van der Waals surface area contributed by atoms with E-state index in [1.54, 1.807) is 0 Å². The summed E-state index contributed by atoms with van der Waals surface area (Å²) >= 11 is 0. The van der Waals surface area contributed by atoms with Crippen molar-refractivity contribution >= 4 is 6.29 Å². The molecular formula is C27H26O2. The predicted octanol–water partition coefficient (Wildman–Crippen LogP) is 5.47. The molecule has 0 N–H and O–H groups in total. The molecule has 0 aliphatic heterocycles. The van der Waals surface area contributed by atoms with Crippen LogP contribution in [0.2, 0.25) is 0 Å². The van der Waals surface area contributed by atoms with Gasteiger partial charge in [0.1, 0.15) is 11.9 Å². The Bertz CT molecular complexity index is 855. The highest BCUT2D eigenvalue weighted by molar-refractivity contribution is 5.58. The van der Waals surface area contributed by atoms with E-state index in [1.165, 1.54) is 6.42 Å². The zero-order chi connectivity index (χ0) is 19.7. The third-order valence-electron chi connectivity index (χ3n) is 6.65. The number of ether oxygens (including phenoxy) is 1. The first-order chi connectivity index (χ1) is 14.3. The molecule has 3 aromatic rings. The first-order valence-corrected chi connectivity index (χ1v) is 10.6. The molecule has 2 saturated carbocycles. The van der Waals surface area contributed by atoms with E-state index in [0.717, 1.165) is 29.4 Å². The van der Waals surface area contributed by atoms with Gasteiger partial charge in [-0.1, -0.05) is 91.0 Å². The minimum atomic E-state index is -0.634. The maximum atomic E-state index is 11.1. The molecule has 4 atom stereocenters. The van der Waals surface area contributed by atoms with Gasteiger partial charge in [-0.05, 0) is 47.3 Å². The van der Waals surface area contributed by atoms with E-state index in [2.05, 4.69) is 72.8 Å². The van der Waals surface area contributed by atoms with Crippen LogP contribution >= 0.6 is 0 Å². The number of benzene rings is 3. The summed E-state index contributed by atoms with van der Waals surface area (Å²) < 4.78 is 6.90. The average molecular weight is 383 g/mol. The van der Waals surface area contributed by atoms with Gasteiger partial charge in [0.05, 0.1) is 6.61 Å². The number of aldehydes is 1. The normalized spacial score (nSPS) is 25.4. The van der Waals surface area contributed by atoms with E-state index in [9.17, 15) is 4.79 Å². The summed E-state index contributed by atoms with van der Waals surface area (Å²) in [5.74, 6) is 2.11. The number of hydrogen-bond donors (Lipinski definition) is 0. The summed E-state index contributed by atoms with van der Waals surface area (Å²) in [7, 11) is 0. The third-order valence-corrected chi connectivity index (χ3v) is 6.65. The highest BCUT2D eigenvalue weighted by atomic mass is 16.5. The largest absolute Gasteiger partial charge is 0.361 e. The maximum Gasteiger partial charge on any atom is 0.143 e. The van der Waals surface area contributed by atoms with Gasteiger partial charge in [0, 0.05) is 5.92 Å². The number of carbonyl (C=O) groups is 1. The summed E-state index contributed by atoms with van der Waals surface area (Å²) in [5.41, 5.74) is 2.80. The second-order valence-corrected chi connectivity index (χ2v) is 8.45. The minimum absolute atomic E-state index is 0.298. The second-order valence-electron chi connectivity index (χ2n) is 8.45. The van der Waals surface area contributed by atoms with Crippen LogP contribution in [0.25, 0.3) is 0 Å². The van der Waals surface area contributed by atoms with Crippen molar-refractivity contribution in [3.05, 3.63) is 108 Å². The van der Waals surface area contributed by atoms with Crippen LogP contribution < -0.4 is 0 Å². The predicted molar refractivity (Wildman–Crippen MR) is 114 cm³/mol. The number of hydrogen-bond acceptors (Lipinski definition) is 2. The molecule has 3 aromatic carbocycles. The van der Waals surface area contributed by atoms with E-state index in [-0.39, 0.29) is 0 Å². The SMILES string of the molecule is O=C[C@H]1C[C@@H]1[C@H]1C[C@@H]1COC(c1ccccc1)(c1ccccc1)c1ccccc1. The van der Waals surface area contributed by atoms with Crippen molar-refractivity contribution in [2.24, 2.45) is 23.7 Å². The zero-order valence-corrected chi connectivity index (χ0v) is 16.5. The smallest absolute Gasteiger partial charge is 0.143 e. The molecule has 29 heavy (non-hydrogen) atoms. The fourth-order valence-electron chi connectivity index (χ4n) is 4.87. The third kappa shape index (κ3) is 3.42. The van der Waals surface area contributed by atoms with Crippen LogP contribution in [0, 0.1) is 23.7 Å². The van der Waals surface area contributed by atoms with E-state index in [4.69, 9.17) is 4.74 Å². The first-order valence-electron chi connectivity index (χ1n) is 10.6. The Kier molecular flexibility index (Phi) is 4.81. The molecule has 0 radical (unpaired) electrons. The van der Waals surface area contributed by atoms with Crippen molar-refractivity contribution in [3.63, 3.8) is 0 Å². The lowest BCUT2D eigenvalue weighted by Gasteiger charge is -2.36. The Hall–Kier alpha value is -2.71.